The van der Waals surface area contributed by atoms with E-state index in [1.165, 1.54) is 19.3 Å². The number of alkyl halides is 3. The van der Waals surface area contributed by atoms with Crippen molar-refractivity contribution in [2.45, 2.75) is 57.7 Å². The minimum absolute atomic E-state index is 0.0573. The van der Waals surface area contributed by atoms with Gasteiger partial charge in [-0.3, -0.25) is 0 Å². The Morgan fingerprint density at radius 2 is 2.00 bits per heavy atom. The van der Waals surface area contributed by atoms with Gasteiger partial charge in [0.05, 0.1) is 0 Å². The minimum Gasteiger partial charge on any atom is -0.314 e. The summed E-state index contributed by atoms with van der Waals surface area (Å²) in [7, 11) is 0. The highest BCUT2D eigenvalue weighted by Crippen LogP contribution is 2.32. The molecule has 90 valence electrons. The van der Waals surface area contributed by atoms with E-state index in [0.717, 1.165) is 13.0 Å². The molecule has 0 aromatic carbocycles. The van der Waals surface area contributed by atoms with E-state index in [4.69, 9.17) is 0 Å². The van der Waals surface area contributed by atoms with Crippen LogP contribution in [0, 0.1) is 5.92 Å². The van der Waals surface area contributed by atoms with Crippen molar-refractivity contribution in [3.05, 3.63) is 0 Å². The lowest BCUT2D eigenvalue weighted by Crippen LogP contribution is -2.33. The van der Waals surface area contributed by atoms with Crippen molar-refractivity contribution in [3.8, 4) is 0 Å². The van der Waals surface area contributed by atoms with Crippen LogP contribution < -0.4 is 5.32 Å². The fourth-order valence-electron chi connectivity index (χ4n) is 2.06. The summed E-state index contributed by atoms with van der Waals surface area (Å²) >= 11 is 0. The molecule has 1 saturated carbocycles. The van der Waals surface area contributed by atoms with Gasteiger partial charge in [0.1, 0.15) is 0 Å². The zero-order valence-corrected chi connectivity index (χ0v) is 9.24. The Labute approximate surface area is 89.4 Å². The summed E-state index contributed by atoms with van der Waals surface area (Å²) in [6.45, 7) is 2.70. The second-order valence-electron chi connectivity index (χ2n) is 4.44. The SMILES string of the molecule is CCNC(CCC(F)(F)F)CC1CCC1. The third-order valence-corrected chi connectivity index (χ3v) is 3.11. The van der Waals surface area contributed by atoms with Crippen LogP contribution in [0.25, 0.3) is 0 Å². The van der Waals surface area contributed by atoms with Gasteiger partial charge in [-0.15, -0.1) is 0 Å². The van der Waals surface area contributed by atoms with Crippen LogP contribution in [0.5, 0.6) is 0 Å². The molecule has 0 aliphatic heterocycles. The molecule has 1 unspecified atom stereocenters. The molecular weight excluding hydrogens is 203 g/mol. The predicted molar refractivity (Wildman–Crippen MR) is 54.7 cm³/mol. The van der Waals surface area contributed by atoms with Gasteiger partial charge in [-0.2, -0.15) is 13.2 Å². The first-order valence-corrected chi connectivity index (χ1v) is 5.81. The van der Waals surface area contributed by atoms with Crippen LogP contribution in [-0.4, -0.2) is 18.8 Å². The lowest BCUT2D eigenvalue weighted by molar-refractivity contribution is -0.136. The fourth-order valence-corrected chi connectivity index (χ4v) is 2.06. The van der Waals surface area contributed by atoms with Crippen LogP contribution in [0.2, 0.25) is 0 Å². The molecular formula is C11H20F3N. The van der Waals surface area contributed by atoms with Crippen molar-refractivity contribution in [2.75, 3.05) is 6.54 Å². The molecule has 1 rings (SSSR count). The lowest BCUT2D eigenvalue weighted by Gasteiger charge is -2.30. The molecule has 0 amide bonds. The minimum atomic E-state index is -4.01. The van der Waals surface area contributed by atoms with Gasteiger partial charge in [0.25, 0.3) is 0 Å². The molecule has 1 aliphatic carbocycles. The summed E-state index contributed by atoms with van der Waals surface area (Å²) in [5.41, 5.74) is 0. The molecule has 0 aromatic rings. The van der Waals surface area contributed by atoms with Gasteiger partial charge in [0.15, 0.2) is 0 Å². The van der Waals surface area contributed by atoms with Crippen molar-refractivity contribution in [1.82, 2.24) is 5.32 Å². The smallest absolute Gasteiger partial charge is 0.314 e. The van der Waals surface area contributed by atoms with Gasteiger partial charge in [-0.1, -0.05) is 26.2 Å². The molecule has 0 saturated heterocycles. The average molecular weight is 223 g/mol. The first kappa shape index (κ1) is 12.8. The van der Waals surface area contributed by atoms with Crippen molar-refractivity contribution in [3.63, 3.8) is 0 Å². The summed E-state index contributed by atoms with van der Waals surface area (Å²) in [5.74, 6) is 0.669. The molecule has 0 radical (unpaired) electrons. The van der Waals surface area contributed by atoms with Crippen molar-refractivity contribution >= 4 is 0 Å². The average Bonchev–Trinajstić information content (AvgIpc) is 2.05. The molecule has 0 heterocycles. The molecule has 0 spiro atoms. The normalized spacial score (nSPS) is 20.0. The van der Waals surface area contributed by atoms with Crippen LogP contribution in [0.3, 0.4) is 0 Å². The Kier molecular flexibility index (Phi) is 4.90. The second-order valence-corrected chi connectivity index (χ2v) is 4.44. The Balaban J connectivity index is 2.22. The van der Waals surface area contributed by atoms with E-state index >= 15 is 0 Å². The van der Waals surface area contributed by atoms with Crippen LogP contribution in [0.15, 0.2) is 0 Å². The molecule has 1 N–H and O–H groups in total. The van der Waals surface area contributed by atoms with E-state index in [1.807, 2.05) is 6.92 Å². The monoisotopic (exact) mass is 223 g/mol. The maximum Gasteiger partial charge on any atom is 0.389 e. The summed E-state index contributed by atoms with van der Waals surface area (Å²) in [6, 6.07) is 0.0573. The molecule has 1 fully saturated rings. The zero-order chi connectivity index (χ0) is 11.3. The standard InChI is InChI=1S/C11H20F3N/c1-2-15-10(6-7-11(12,13)14)8-9-4-3-5-9/h9-10,15H,2-8H2,1H3. The van der Waals surface area contributed by atoms with E-state index < -0.39 is 12.6 Å². The molecule has 4 heteroatoms. The Bertz CT molecular complexity index is 175. The van der Waals surface area contributed by atoms with Gasteiger partial charge >= 0.3 is 6.18 Å². The van der Waals surface area contributed by atoms with Gasteiger partial charge in [-0.25, -0.2) is 0 Å². The number of halogens is 3. The number of hydrogen-bond acceptors (Lipinski definition) is 1. The van der Waals surface area contributed by atoms with Gasteiger partial charge in [0, 0.05) is 12.5 Å². The molecule has 0 aromatic heterocycles. The lowest BCUT2D eigenvalue weighted by atomic mass is 9.80. The third-order valence-electron chi connectivity index (χ3n) is 3.11. The fraction of sp³-hybridized carbons (Fsp3) is 1.00. The first-order valence-electron chi connectivity index (χ1n) is 5.81. The maximum atomic E-state index is 12.1. The van der Waals surface area contributed by atoms with E-state index in [-0.39, 0.29) is 12.5 Å². The van der Waals surface area contributed by atoms with Gasteiger partial charge < -0.3 is 5.32 Å². The summed E-state index contributed by atoms with van der Waals surface area (Å²) in [4.78, 5) is 0. The highest BCUT2D eigenvalue weighted by atomic mass is 19.4. The zero-order valence-electron chi connectivity index (χ0n) is 9.24. The summed E-state index contributed by atoms with van der Waals surface area (Å²) in [5, 5.41) is 3.15. The van der Waals surface area contributed by atoms with E-state index in [2.05, 4.69) is 5.32 Å². The van der Waals surface area contributed by atoms with Crippen LogP contribution in [-0.2, 0) is 0 Å². The Hall–Kier alpha value is -0.250. The maximum absolute atomic E-state index is 12.1. The van der Waals surface area contributed by atoms with Crippen molar-refractivity contribution < 1.29 is 13.2 Å². The van der Waals surface area contributed by atoms with Crippen LogP contribution in [0.1, 0.15) is 45.4 Å². The van der Waals surface area contributed by atoms with Crippen LogP contribution in [0.4, 0.5) is 13.2 Å². The number of hydrogen-bond donors (Lipinski definition) is 1. The van der Waals surface area contributed by atoms with Gasteiger partial charge in [-0.05, 0) is 25.3 Å². The number of rotatable bonds is 6. The van der Waals surface area contributed by atoms with Gasteiger partial charge in [0.2, 0.25) is 0 Å². The Morgan fingerprint density at radius 3 is 2.40 bits per heavy atom. The molecule has 1 aliphatic rings. The van der Waals surface area contributed by atoms with Crippen LogP contribution >= 0.6 is 0 Å². The largest absolute Gasteiger partial charge is 0.389 e. The third kappa shape index (κ3) is 5.40. The molecule has 1 atom stereocenters. The van der Waals surface area contributed by atoms with E-state index in [1.54, 1.807) is 0 Å². The quantitative estimate of drug-likeness (QED) is 0.726. The topological polar surface area (TPSA) is 12.0 Å². The van der Waals surface area contributed by atoms with Crippen molar-refractivity contribution in [2.24, 2.45) is 5.92 Å². The molecule has 15 heavy (non-hydrogen) atoms. The summed E-state index contributed by atoms with van der Waals surface area (Å²) < 4.78 is 36.2. The highest BCUT2D eigenvalue weighted by Gasteiger charge is 2.29. The molecule has 0 bridgehead atoms. The predicted octanol–water partition coefficient (Wildman–Crippen LogP) is 3.50. The second kappa shape index (κ2) is 5.73. The van der Waals surface area contributed by atoms with E-state index in [9.17, 15) is 13.2 Å². The molecule has 1 nitrogen and oxygen atoms in total. The Morgan fingerprint density at radius 1 is 1.33 bits per heavy atom. The summed E-state index contributed by atoms with van der Waals surface area (Å²) in [6.07, 6.45) is 0.146. The van der Waals surface area contributed by atoms with E-state index in [0.29, 0.717) is 5.92 Å². The van der Waals surface area contributed by atoms with Crippen molar-refractivity contribution in [1.29, 1.82) is 0 Å². The first-order chi connectivity index (χ1) is 7.01. The highest BCUT2D eigenvalue weighted by molar-refractivity contribution is 4.77. The number of nitrogens with one attached hydrogen (secondary N) is 1.